The highest BCUT2D eigenvalue weighted by atomic mass is 35.5. The van der Waals surface area contributed by atoms with E-state index < -0.39 is 0 Å². The molecule has 2 aromatic carbocycles. The first-order valence-corrected chi connectivity index (χ1v) is 7.73. The van der Waals surface area contributed by atoms with Crippen LogP contribution in [0.2, 0.25) is 10.0 Å². The summed E-state index contributed by atoms with van der Waals surface area (Å²) in [6.45, 7) is 2.02. The second-order valence-corrected chi connectivity index (χ2v) is 6.28. The van der Waals surface area contributed by atoms with E-state index >= 15 is 0 Å². The first kappa shape index (κ1) is 15.2. The Hall–Kier alpha value is -1.16. The standard InChI is InChI=1S/C15H14Cl2N2S/c1-9-6-10(15(18)19)2-3-11(9)8-20-12-4-5-13(16)14(17)7-12/h2-7H,8H2,1H3,(H3,18,19). The van der Waals surface area contributed by atoms with Crippen molar-refractivity contribution in [2.24, 2.45) is 5.73 Å². The van der Waals surface area contributed by atoms with Gasteiger partial charge in [0.25, 0.3) is 0 Å². The fourth-order valence-electron chi connectivity index (χ4n) is 1.75. The monoisotopic (exact) mass is 324 g/mol. The van der Waals surface area contributed by atoms with Gasteiger partial charge in [-0.2, -0.15) is 0 Å². The van der Waals surface area contributed by atoms with Crippen LogP contribution >= 0.6 is 35.0 Å². The second kappa shape index (κ2) is 6.53. The van der Waals surface area contributed by atoms with Gasteiger partial charge in [0.2, 0.25) is 0 Å². The van der Waals surface area contributed by atoms with E-state index in [2.05, 4.69) is 0 Å². The maximum absolute atomic E-state index is 7.43. The zero-order chi connectivity index (χ0) is 14.7. The smallest absolute Gasteiger partial charge is 0.122 e. The molecule has 0 spiro atoms. The molecule has 0 unspecified atom stereocenters. The van der Waals surface area contributed by atoms with E-state index in [1.165, 1.54) is 5.56 Å². The van der Waals surface area contributed by atoms with Gasteiger partial charge in [-0.15, -0.1) is 11.8 Å². The Labute approximate surface area is 132 Å². The number of nitrogens with one attached hydrogen (secondary N) is 1. The Kier molecular flexibility index (Phi) is 4.97. The third-order valence-corrected chi connectivity index (χ3v) is 4.72. The molecule has 2 aromatic rings. The topological polar surface area (TPSA) is 49.9 Å². The number of benzene rings is 2. The van der Waals surface area contributed by atoms with Gasteiger partial charge in [-0.1, -0.05) is 35.3 Å². The lowest BCUT2D eigenvalue weighted by Gasteiger charge is -2.08. The average Bonchev–Trinajstić information content (AvgIpc) is 2.41. The first-order chi connectivity index (χ1) is 9.47. The van der Waals surface area contributed by atoms with Crippen molar-refractivity contribution < 1.29 is 0 Å². The Morgan fingerprint density at radius 1 is 1.15 bits per heavy atom. The first-order valence-electron chi connectivity index (χ1n) is 5.99. The summed E-state index contributed by atoms with van der Waals surface area (Å²) in [5, 5.41) is 8.57. The zero-order valence-electron chi connectivity index (χ0n) is 10.9. The lowest BCUT2D eigenvalue weighted by atomic mass is 10.1. The van der Waals surface area contributed by atoms with Crippen molar-refractivity contribution in [2.75, 3.05) is 0 Å². The highest BCUT2D eigenvalue weighted by molar-refractivity contribution is 7.98. The summed E-state index contributed by atoms with van der Waals surface area (Å²) >= 11 is 13.6. The third kappa shape index (κ3) is 3.69. The van der Waals surface area contributed by atoms with Gasteiger partial charge in [-0.3, -0.25) is 5.41 Å². The molecule has 2 rings (SSSR count). The van der Waals surface area contributed by atoms with Crippen molar-refractivity contribution in [1.82, 2.24) is 0 Å². The lowest BCUT2D eigenvalue weighted by Crippen LogP contribution is -2.11. The molecule has 0 aromatic heterocycles. The maximum atomic E-state index is 7.43. The Bertz CT molecular complexity index is 656. The quantitative estimate of drug-likeness (QED) is 0.478. The molecular weight excluding hydrogens is 311 g/mol. The highest BCUT2D eigenvalue weighted by Crippen LogP contribution is 2.30. The van der Waals surface area contributed by atoms with Gasteiger partial charge in [-0.05, 0) is 42.3 Å². The van der Waals surface area contributed by atoms with E-state index in [0.29, 0.717) is 10.0 Å². The minimum Gasteiger partial charge on any atom is -0.384 e. The molecule has 0 radical (unpaired) electrons. The number of rotatable bonds is 4. The molecular formula is C15H14Cl2N2S. The lowest BCUT2D eigenvalue weighted by molar-refractivity contribution is 1.28. The fourth-order valence-corrected chi connectivity index (χ4v) is 3.13. The average molecular weight is 325 g/mol. The van der Waals surface area contributed by atoms with Gasteiger partial charge in [0.15, 0.2) is 0 Å². The second-order valence-electron chi connectivity index (χ2n) is 4.42. The zero-order valence-corrected chi connectivity index (χ0v) is 13.2. The molecule has 0 saturated heterocycles. The number of aryl methyl sites for hydroxylation is 1. The van der Waals surface area contributed by atoms with Crippen molar-refractivity contribution >= 4 is 40.8 Å². The molecule has 5 heteroatoms. The van der Waals surface area contributed by atoms with Crippen molar-refractivity contribution in [3.05, 3.63) is 63.1 Å². The summed E-state index contributed by atoms with van der Waals surface area (Å²) in [5.41, 5.74) is 8.58. The van der Waals surface area contributed by atoms with Gasteiger partial charge in [0.1, 0.15) is 5.84 Å². The molecule has 0 atom stereocenters. The van der Waals surface area contributed by atoms with Gasteiger partial charge in [0.05, 0.1) is 10.0 Å². The van der Waals surface area contributed by atoms with E-state index in [9.17, 15) is 0 Å². The number of amidine groups is 1. The normalized spacial score (nSPS) is 10.6. The number of nitrogens with two attached hydrogens (primary N) is 1. The minimum absolute atomic E-state index is 0.0942. The number of hydrogen-bond acceptors (Lipinski definition) is 2. The molecule has 3 N–H and O–H groups in total. The van der Waals surface area contributed by atoms with Crippen molar-refractivity contribution in [3.63, 3.8) is 0 Å². The molecule has 20 heavy (non-hydrogen) atoms. The third-order valence-electron chi connectivity index (χ3n) is 2.94. The van der Waals surface area contributed by atoms with Crippen LogP contribution < -0.4 is 5.73 Å². The highest BCUT2D eigenvalue weighted by Gasteiger charge is 2.05. The summed E-state index contributed by atoms with van der Waals surface area (Å²) in [6.07, 6.45) is 0. The summed E-state index contributed by atoms with van der Waals surface area (Å²) in [4.78, 5) is 1.08. The van der Waals surface area contributed by atoms with Gasteiger partial charge in [0, 0.05) is 16.2 Å². The summed E-state index contributed by atoms with van der Waals surface area (Å²) < 4.78 is 0. The van der Waals surface area contributed by atoms with Crippen molar-refractivity contribution in [1.29, 1.82) is 5.41 Å². The van der Waals surface area contributed by atoms with Crippen LogP contribution in [0, 0.1) is 12.3 Å². The van der Waals surface area contributed by atoms with Crippen molar-refractivity contribution in [2.45, 2.75) is 17.6 Å². The van der Waals surface area contributed by atoms with Crippen LogP contribution in [-0.2, 0) is 5.75 Å². The number of nitrogen functional groups attached to an aromatic ring is 1. The van der Waals surface area contributed by atoms with Crippen LogP contribution in [0.5, 0.6) is 0 Å². The van der Waals surface area contributed by atoms with E-state index in [-0.39, 0.29) is 5.84 Å². The predicted octanol–water partition coefficient (Wildman–Crippen LogP) is 4.88. The summed E-state index contributed by atoms with van der Waals surface area (Å²) in [7, 11) is 0. The van der Waals surface area contributed by atoms with Crippen LogP contribution in [-0.4, -0.2) is 5.84 Å². The fraction of sp³-hybridized carbons (Fsp3) is 0.133. The summed E-state index contributed by atoms with van der Waals surface area (Å²) in [6, 6.07) is 11.5. The molecule has 0 aliphatic rings. The van der Waals surface area contributed by atoms with Crippen LogP contribution in [0.15, 0.2) is 41.3 Å². The van der Waals surface area contributed by atoms with E-state index in [0.717, 1.165) is 21.8 Å². The molecule has 0 saturated carbocycles. The Balaban J connectivity index is 2.10. The van der Waals surface area contributed by atoms with Gasteiger partial charge >= 0.3 is 0 Å². The van der Waals surface area contributed by atoms with E-state index in [4.69, 9.17) is 34.3 Å². The summed E-state index contributed by atoms with van der Waals surface area (Å²) in [5.74, 6) is 0.930. The molecule has 0 amide bonds. The molecule has 0 aliphatic carbocycles. The predicted molar refractivity (Wildman–Crippen MR) is 88.2 cm³/mol. The van der Waals surface area contributed by atoms with Crippen LogP contribution in [0.3, 0.4) is 0 Å². The Morgan fingerprint density at radius 3 is 2.50 bits per heavy atom. The largest absolute Gasteiger partial charge is 0.384 e. The van der Waals surface area contributed by atoms with Crippen molar-refractivity contribution in [3.8, 4) is 0 Å². The van der Waals surface area contributed by atoms with Gasteiger partial charge < -0.3 is 5.73 Å². The molecule has 0 fully saturated rings. The molecule has 0 aliphatic heterocycles. The number of hydrogen-bond donors (Lipinski definition) is 2. The van der Waals surface area contributed by atoms with Crippen LogP contribution in [0.25, 0.3) is 0 Å². The van der Waals surface area contributed by atoms with Gasteiger partial charge in [-0.25, -0.2) is 0 Å². The molecule has 0 bridgehead atoms. The molecule has 0 heterocycles. The van der Waals surface area contributed by atoms with E-state index in [1.807, 2.05) is 37.3 Å². The maximum Gasteiger partial charge on any atom is 0.122 e. The van der Waals surface area contributed by atoms with Crippen LogP contribution in [0.4, 0.5) is 0 Å². The Morgan fingerprint density at radius 2 is 1.90 bits per heavy atom. The minimum atomic E-state index is 0.0942. The number of halogens is 2. The van der Waals surface area contributed by atoms with E-state index in [1.54, 1.807) is 17.8 Å². The van der Waals surface area contributed by atoms with Crippen LogP contribution in [0.1, 0.15) is 16.7 Å². The SMILES string of the molecule is Cc1cc(C(=N)N)ccc1CSc1ccc(Cl)c(Cl)c1. The number of thioether (sulfide) groups is 1. The molecule has 104 valence electrons. The molecule has 2 nitrogen and oxygen atoms in total.